The number of ether oxygens (including phenoxy) is 4. The van der Waals surface area contributed by atoms with Crippen molar-refractivity contribution in [3.8, 4) is 0 Å². The molecule has 158 valence electrons. The Kier molecular flexibility index (Phi) is 7.35. The average molecular weight is 431 g/mol. The van der Waals surface area contributed by atoms with Gasteiger partial charge in [0, 0.05) is 32.5 Å². The zero-order valence-corrected chi connectivity index (χ0v) is 16.5. The summed E-state index contributed by atoms with van der Waals surface area (Å²) < 4.78 is 22.1. The van der Waals surface area contributed by atoms with Crippen LogP contribution in [0, 0.1) is 0 Å². The molecule has 1 saturated heterocycles. The molecule has 0 aromatic carbocycles. The molecule has 2 rings (SSSR count). The molecule has 2 heterocycles. The molecule has 1 aromatic heterocycles. The average Bonchev–Trinajstić information content (AvgIpc) is 2.92. The van der Waals surface area contributed by atoms with Crippen molar-refractivity contribution in [2.24, 2.45) is 0 Å². The highest BCUT2D eigenvalue weighted by Crippen LogP contribution is 2.33. The van der Waals surface area contributed by atoms with E-state index in [0.717, 1.165) is 30.1 Å². The number of aromatic nitrogens is 2. The second-order valence-corrected chi connectivity index (χ2v) is 6.31. The van der Waals surface area contributed by atoms with E-state index in [1.54, 1.807) is 0 Å². The number of carbonyl (C=O) groups is 3. The minimum Gasteiger partial charge on any atom is -0.463 e. The smallest absolute Gasteiger partial charge is 0.330 e. The first-order valence-corrected chi connectivity index (χ1v) is 8.83. The van der Waals surface area contributed by atoms with Crippen molar-refractivity contribution in [3.05, 3.63) is 38.1 Å². The van der Waals surface area contributed by atoms with Gasteiger partial charge in [-0.05, 0) is 6.08 Å². The zero-order chi connectivity index (χ0) is 21.7. The summed E-state index contributed by atoms with van der Waals surface area (Å²) in [5.74, 6) is -2.05. The normalized spacial score (nSPS) is 23.7. The van der Waals surface area contributed by atoms with E-state index in [2.05, 4.69) is 4.98 Å². The predicted octanol–water partition coefficient (Wildman–Crippen LogP) is 0.0700. The van der Waals surface area contributed by atoms with Gasteiger partial charge in [0.2, 0.25) is 0 Å². The Morgan fingerprint density at radius 3 is 2.31 bits per heavy atom. The molecular formula is C17H19ClN2O9. The molecule has 1 N–H and O–H groups in total. The van der Waals surface area contributed by atoms with Crippen LogP contribution in [-0.4, -0.2) is 52.4 Å². The summed E-state index contributed by atoms with van der Waals surface area (Å²) in [7, 11) is 0. The lowest BCUT2D eigenvalue weighted by molar-refractivity contribution is -0.166. The second-order valence-electron chi connectivity index (χ2n) is 6.06. The van der Waals surface area contributed by atoms with Gasteiger partial charge in [-0.1, -0.05) is 11.6 Å². The van der Waals surface area contributed by atoms with Gasteiger partial charge in [0.1, 0.15) is 12.7 Å². The van der Waals surface area contributed by atoms with Crippen LogP contribution < -0.4 is 11.2 Å². The Balaban J connectivity index is 2.52. The predicted molar refractivity (Wildman–Crippen MR) is 97.9 cm³/mol. The van der Waals surface area contributed by atoms with E-state index in [4.69, 9.17) is 30.5 Å². The number of esters is 3. The number of nitrogens with one attached hydrogen (secondary N) is 1. The van der Waals surface area contributed by atoms with Gasteiger partial charge >= 0.3 is 23.6 Å². The molecule has 0 bridgehead atoms. The molecule has 1 aliphatic rings. The Labute approximate surface area is 169 Å². The number of nitrogens with zero attached hydrogens (tertiary/aromatic N) is 1. The topological polar surface area (TPSA) is 143 Å². The fourth-order valence-corrected chi connectivity index (χ4v) is 2.93. The van der Waals surface area contributed by atoms with Gasteiger partial charge in [-0.3, -0.25) is 28.7 Å². The van der Waals surface area contributed by atoms with E-state index in [0.29, 0.717) is 0 Å². The number of aromatic amines is 1. The van der Waals surface area contributed by atoms with Crippen LogP contribution in [0.3, 0.4) is 0 Å². The third kappa shape index (κ3) is 5.55. The molecule has 0 spiro atoms. The van der Waals surface area contributed by atoms with Crippen molar-refractivity contribution >= 4 is 35.6 Å². The summed E-state index contributed by atoms with van der Waals surface area (Å²) in [6.45, 7) is 3.11. The Hall–Kier alpha value is -2.92. The molecule has 0 radical (unpaired) electrons. The van der Waals surface area contributed by atoms with Crippen LogP contribution >= 0.6 is 11.6 Å². The van der Waals surface area contributed by atoms with Crippen molar-refractivity contribution in [1.29, 1.82) is 0 Å². The lowest BCUT2D eigenvalue weighted by atomic mass is 10.1. The summed E-state index contributed by atoms with van der Waals surface area (Å²) >= 11 is 5.50. The highest BCUT2D eigenvalue weighted by atomic mass is 35.5. The number of carbonyl (C=O) groups excluding carboxylic acids is 3. The number of halogens is 1. The highest BCUT2D eigenvalue weighted by molar-refractivity contribution is 6.27. The summed E-state index contributed by atoms with van der Waals surface area (Å²) in [6.07, 6.45) is -2.36. The van der Waals surface area contributed by atoms with Crippen molar-refractivity contribution in [3.63, 3.8) is 0 Å². The van der Waals surface area contributed by atoms with Crippen LogP contribution in [0.1, 0.15) is 32.6 Å². The molecule has 0 aliphatic carbocycles. The first kappa shape index (κ1) is 22.4. The van der Waals surface area contributed by atoms with Gasteiger partial charge in [-0.15, -0.1) is 0 Å². The van der Waals surface area contributed by atoms with Gasteiger partial charge in [0.05, 0.1) is 5.56 Å². The largest absolute Gasteiger partial charge is 0.463 e. The van der Waals surface area contributed by atoms with E-state index in [1.165, 1.54) is 13.0 Å². The summed E-state index contributed by atoms with van der Waals surface area (Å²) in [5, 5.41) is 0. The fourth-order valence-electron chi connectivity index (χ4n) is 2.79. The molecule has 4 atom stereocenters. The van der Waals surface area contributed by atoms with E-state index in [1.807, 2.05) is 0 Å². The van der Waals surface area contributed by atoms with Crippen LogP contribution in [0.4, 0.5) is 0 Å². The molecule has 29 heavy (non-hydrogen) atoms. The molecule has 12 heteroatoms. The summed E-state index contributed by atoms with van der Waals surface area (Å²) in [4.78, 5) is 60.6. The van der Waals surface area contributed by atoms with Gasteiger partial charge < -0.3 is 18.9 Å². The quantitative estimate of drug-likeness (QED) is 0.489. The third-order valence-corrected chi connectivity index (χ3v) is 3.98. The third-order valence-electron chi connectivity index (χ3n) is 3.85. The first-order valence-electron chi connectivity index (χ1n) is 8.39. The molecule has 1 aliphatic heterocycles. The minimum absolute atomic E-state index is 0.0252. The van der Waals surface area contributed by atoms with E-state index in [9.17, 15) is 24.0 Å². The maximum Gasteiger partial charge on any atom is 0.330 e. The van der Waals surface area contributed by atoms with Crippen LogP contribution in [0.15, 0.2) is 21.3 Å². The van der Waals surface area contributed by atoms with Crippen molar-refractivity contribution in [2.45, 2.75) is 45.3 Å². The maximum atomic E-state index is 12.4. The van der Waals surface area contributed by atoms with Crippen molar-refractivity contribution in [1.82, 2.24) is 9.55 Å². The molecule has 0 saturated carbocycles. The van der Waals surface area contributed by atoms with Gasteiger partial charge in [0.15, 0.2) is 18.4 Å². The molecule has 11 nitrogen and oxygen atoms in total. The molecule has 1 aromatic rings. The Morgan fingerprint density at radius 1 is 1.14 bits per heavy atom. The standard InChI is InChI=1S/C17H19ClN2O9/c1-8(21)26-7-12-13(27-9(2)22)14(28-10(3)23)16(29-12)20-6-11(4-5-18)15(24)19-17(20)25/h4-6,12-14,16H,7H2,1-3H3,(H,19,24,25)/t12-,13+,14-,16-/m1/s1. The number of hydrogen-bond acceptors (Lipinski definition) is 9. The zero-order valence-electron chi connectivity index (χ0n) is 15.7. The minimum atomic E-state index is -1.28. The monoisotopic (exact) mass is 430 g/mol. The van der Waals surface area contributed by atoms with Gasteiger partial charge in [0.25, 0.3) is 5.56 Å². The Morgan fingerprint density at radius 2 is 1.76 bits per heavy atom. The fraction of sp³-hybridized carbons (Fsp3) is 0.471. The van der Waals surface area contributed by atoms with Gasteiger partial charge in [-0.25, -0.2) is 4.79 Å². The van der Waals surface area contributed by atoms with Crippen molar-refractivity contribution in [2.75, 3.05) is 6.61 Å². The van der Waals surface area contributed by atoms with Crippen LogP contribution in [0.25, 0.3) is 6.08 Å². The summed E-state index contributed by atoms with van der Waals surface area (Å²) in [6, 6.07) is 0. The lowest BCUT2D eigenvalue weighted by Gasteiger charge is -2.24. The highest BCUT2D eigenvalue weighted by Gasteiger charge is 2.51. The van der Waals surface area contributed by atoms with Crippen LogP contribution in [0.2, 0.25) is 0 Å². The van der Waals surface area contributed by atoms with E-state index >= 15 is 0 Å². The number of H-pyrrole nitrogens is 1. The SMILES string of the molecule is CC(=O)OC[C@H]1O[C@@H](n2cc(C=CCl)c(=O)[nH]c2=O)[C@H](OC(C)=O)[C@H]1OC(C)=O. The summed E-state index contributed by atoms with van der Waals surface area (Å²) in [5.41, 5.74) is -0.460. The van der Waals surface area contributed by atoms with Crippen LogP contribution in [-0.2, 0) is 33.3 Å². The number of hydrogen-bond donors (Lipinski definition) is 1. The van der Waals surface area contributed by atoms with Crippen molar-refractivity contribution < 1.29 is 33.3 Å². The van der Waals surface area contributed by atoms with E-state index in [-0.39, 0.29) is 12.2 Å². The second kappa shape index (κ2) is 9.52. The van der Waals surface area contributed by atoms with Gasteiger partial charge in [-0.2, -0.15) is 0 Å². The molecule has 1 fully saturated rings. The lowest BCUT2D eigenvalue weighted by Crippen LogP contribution is -2.42. The number of rotatable bonds is 6. The molecule has 0 unspecified atom stereocenters. The first-order chi connectivity index (χ1) is 13.6. The van der Waals surface area contributed by atoms with E-state index < -0.39 is 53.7 Å². The maximum absolute atomic E-state index is 12.4. The molecular weight excluding hydrogens is 412 g/mol. The Bertz CT molecular complexity index is 936. The molecule has 0 amide bonds. The van der Waals surface area contributed by atoms with Crippen LogP contribution in [0.5, 0.6) is 0 Å².